The third-order valence-corrected chi connectivity index (χ3v) is 4.66. The van der Waals surface area contributed by atoms with Gasteiger partial charge in [-0.3, -0.25) is 4.90 Å². The van der Waals surface area contributed by atoms with E-state index in [4.69, 9.17) is 11.6 Å². The predicted molar refractivity (Wildman–Crippen MR) is 93.7 cm³/mol. The molecule has 122 valence electrons. The summed E-state index contributed by atoms with van der Waals surface area (Å²) >= 11 is 6.10. The number of benzene rings is 1. The molecule has 0 bridgehead atoms. The van der Waals surface area contributed by atoms with Gasteiger partial charge in [-0.25, -0.2) is 4.98 Å². The number of rotatable bonds is 3. The minimum atomic E-state index is 0.0887. The number of halogens is 1. The van der Waals surface area contributed by atoms with Crippen LogP contribution in [0.2, 0.25) is 5.02 Å². The highest BCUT2D eigenvalue weighted by Gasteiger charge is 2.23. The lowest BCUT2D eigenvalue weighted by Crippen LogP contribution is -2.41. The number of nitrogens with zero attached hydrogens (tertiary/aromatic N) is 3. The number of fused-ring (bicyclic) bond motifs is 1. The van der Waals surface area contributed by atoms with E-state index in [1.165, 1.54) is 11.1 Å². The zero-order chi connectivity index (χ0) is 16.2. The van der Waals surface area contributed by atoms with Crippen LogP contribution in [0.25, 0.3) is 0 Å². The van der Waals surface area contributed by atoms with E-state index in [0.717, 1.165) is 36.9 Å². The van der Waals surface area contributed by atoms with E-state index in [0.29, 0.717) is 0 Å². The molecule has 1 N–H and O–H groups in total. The van der Waals surface area contributed by atoms with Crippen molar-refractivity contribution in [3.63, 3.8) is 0 Å². The predicted octanol–water partition coefficient (Wildman–Crippen LogP) is 2.94. The molecule has 1 atom stereocenters. The Bertz CT molecular complexity index is 664. The molecule has 0 fully saturated rings. The first kappa shape index (κ1) is 16.2. The second-order valence-corrected chi connectivity index (χ2v) is 6.50. The van der Waals surface area contributed by atoms with Gasteiger partial charge in [0.25, 0.3) is 0 Å². The van der Waals surface area contributed by atoms with Gasteiger partial charge in [-0.05, 0) is 30.2 Å². The van der Waals surface area contributed by atoms with E-state index in [1.807, 2.05) is 37.5 Å². The maximum atomic E-state index is 9.71. The zero-order valence-corrected chi connectivity index (χ0v) is 14.1. The first-order chi connectivity index (χ1) is 11.2. The molecule has 0 saturated carbocycles. The Kier molecular flexibility index (Phi) is 5.16. The molecular formula is C18H22ClN3O. The number of hydrogen-bond donors (Lipinski definition) is 1. The molecule has 0 amide bonds. The molecule has 0 radical (unpaired) electrons. The fraction of sp³-hybridized carbons (Fsp3) is 0.389. The van der Waals surface area contributed by atoms with Crippen LogP contribution in [0.1, 0.15) is 17.5 Å². The average molecular weight is 332 g/mol. The number of anilines is 1. The van der Waals surface area contributed by atoms with Gasteiger partial charge in [0.2, 0.25) is 0 Å². The highest BCUT2D eigenvalue weighted by atomic mass is 35.5. The second kappa shape index (κ2) is 7.30. The molecule has 1 aliphatic heterocycles. The van der Waals surface area contributed by atoms with Gasteiger partial charge < -0.3 is 10.0 Å². The highest BCUT2D eigenvalue weighted by molar-refractivity contribution is 6.30. The van der Waals surface area contributed by atoms with E-state index in [2.05, 4.69) is 26.9 Å². The third kappa shape index (κ3) is 3.83. The number of aromatic nitrogens is 1. The van der Waals surface area contributed by atoms with Crippen molar-refractivity contribution in [2.45, 2.75) is 25.6 Å². The van der Waals surface area contributed by atoms with Crippen LogP contribution in [0.3, 0.4) is 0 Å². The summed E-state index contributed by atoms with van der Waals surface area (Å²) in [5, 5.41) is 10.5. The first-order valence-electron chi connectivity index (χ1n) is 7.92. The second-order valence-electron chi connectivity index (χ2n) is 6.06. The quantitative estimate of drug-likeness (QED) is 0.938. The Labute approximate surface area is 142 Å². The van der Waals surface area contributed by atoms with E-state index >= 15 is 0 Å². The summed E-state index contributed by atoms with van der Waals surface area (Å²) in [6.07, 6.45) is 2.72. The van der Waals surface area contributed by atoms with Crippen LogP contribution in [-0.4, -0.2) is 41.2 Å². The maximum Gasteiger partial charge on any atom is 0.133 e. The summed E-state index contributed by atoms with van der Waals surface area (Å²) in [5.41, 5.74) is 2.40. The van der Waals surface area contributed by atoms with Crippen molar-refractivity contribution >= 4 is 17.4 Å². The van der Waals surface area contributed by atoms with Gasteiger partial charge in [0.05, 0.1) is 12.6 Å². The Morgan fingerprint density at radius 2 is 2.17 bits per heavy atom. The van der Waals surface area contributed by atoms with Crippen LogP contribution >= 0.6 is 11.6 Å². The molecular weight excluding hydrogens is 310 g/mol. The first-order valence-corrected chi connectivity index (χ1v) is 8.29. The van der Waals surface area contributed by atoms with Gasteiger partial charge in [0.15, 0.2) is 0 Å². The standard InChI is InChI=1S/C18H22ClN3O/c1-21-17(13-23)7-9-22(11-14-4-2-6-16(19)10-14)12-15-5-3-8-20-18(15)21/h2-6,8,10,17,23H,7,9,11-13H2,1H3. The fourth-order valence-corrected chi connectivity index (χ4v) is 3.34. The molecule has 1 aromatic carbocycles. The summed E-state index contributed by atoms with van der Waals surface area (Å²) < 4.78 is 0. The number of aliphatic hydroxyl groups is 1. The molecule has 23 heavy (non-hydrogen) atoms. The van der Waals surface area contributed by atoms with Crippen molar-refractivity contribution in [3.05, 3.63) is 58.7 Å². The average Bonchev–Trinajstić information content (AvgIpc) is 2.54. The maximum absolute atomic E-state index is 9.71. The van der Waals surface area contributed by atoms with Gasteiger partial charge in [0.1, 0.15) is 5.82 Å². The van der Waals surface area contributed by atoms with Crippen LogP contribution in [-0.2, 0) is 13.1 Å². The minimum Gasteiger partial charge on any atom is -0.394 e. The highest BCUT2D eigenvalue weighted by Crippen LogP contribution is 2.25. The SMILES string of the molecule is CN1c2ncccc2CN(Cc2cccc(Cl)c2)CCC1CO. The summed E-state index contributed by atoms with van der Waals surface area (Å²) in [4.78, 5) is 9.02. The minimum absolute atomic E-state index is 0.0887. The van der Waals surface area contributed by atoms with Crippen molar-refractivity contribution < 1.29 is 5.11 Å². The summed E-state index contributed by atoms with van der Waals surface area (Å²) in [7, 11) is 2.01. The molecule has 5 heteroatoms. The molecule has 4 nitrogen and oxygen atoms in total. The van der Waals surface area contributed by atoms with Crippen molar-refractivity contribution in [2.24, 2.45) is 0 Å². The topological polar surface area (TPSA) is 39.6 Å². The summed E-state index contributed by atoms with van der Waals surface area (Å²) in [6.45, 7) is 2.75. The van der Waals surface area contributed by atoms with E-state index in [-0.39, 0.29) is 12.6 Å². The Hall–Kier alpha value is -1.62. The van der Waals surface area contributed by atoms with Gasteiger partial charge in [0, 0.05) is 43.5 Å². The van der Waals surface area contributed by atoms with Crippen LogP contribution < -0.4 is 4.90 Å². The van der Waals surface area contributed by atoms with Gasteiger partial charge in [-0.15, -0.1) is 0 Å². The lowest BCUT2D eigenvalue weighted by molar-refractivity contribution is 0.205. The molecule has 0 saturated heterocycles. The molecule has 2 heterocycles. The number of likely N-dealkylation sites (N-methyl/N-ethyl adjacent to an activating group) is 1. The van der Waals surface area contributed by atoms with E-state index in [1.54, 1.807) is 0 Å². The van der Waals surface area contributed by atoms with Crippen LogP contribution in [0.4, 0.5) is 5.82 Å². The Balaban J connectivity index is 1.85. The van der Waals surface area contributed by atoms with Crippen LogP contribution in [0, 0.1) is 0 Å². The van der Waals surface area contributed by atoms with Crippen molar-refractivity contribution in [3.8, 4) is 0 Å². The largest absolute Gasteiger partial charge is 0.394 e. The van der Waals surface area contributed by atoms with Gasteiger partial charge in [-0.1, -0.05) is 29.8 Å². The molecule has 0 aliphatic carbocycles. The van der Waals surface area contributed by atoms with Crippen molar-refractivity contribution in [1.29, 1.82) is 0 Å². The van der Waals surface area contributed by atoms with Crippen LogP contribution in [0.15, 0.2) is 42.6 Å². The summed E-state index contributed by atoms with van der Waals surface area (Å²) in [6, 6.07) is 12.2. The number of hydrogen-bond acceptors (Lipinski definition) is 4. The summed E-state index contributed by atoms with van der Waals surface area (Å²) in [5.74, 6) is 0.961. The monoisotopic (exact) mass is 331 g/mol. The molecule has 1 unspecified atom stereocenters. The van der Waals surface area contributed by atoms with Crippen molar-refractivity contribution in [2.75, 3.05) is 25.1 Å². The molecule has 2 aromatic rings. The normalized spacial score (nSPS) is 19.1. The molecule has 0 spiro atoms. The Morgan fingerprint density at radius 1 is 1.30 bits per heavy atom. The van der Waals surface area contributed by atoms with E-state index < -0.39 is 0 Å². The number of aliphatic hydroxyl groups excluding tert-OH is 1. The molecule has 3 rings (SSSR count). The van der Waals surface area contributed by atoms with Gasteiger partial charge >= 0.3 is 0 Å². The zero-order valence-electron chi connectivity index (χ0n) is 13.3. The third-order valence-electron chi connectivity index (χ3n) is 4.43. The van der Waals surface area contributed by atoms with E-state index in [9.17, 15) is 5.11 Å². The fourth-order valence-electron chi connectivity index (χ4n) is 3.13. The van der Waals surface area contributed by atoms with Gasteiger partial charge in [-0.2, -0.15) is 0 Å². The van der Waals surface area contributed by atoms with Crippen LogP contribution in [0.5, 0.6) is 0 Å². The Morgan fingerprint density at radius 3 is 2.96 bits per heavy atom. The lowest BCUT2D eigenvalue weighted by atomic mass is 10.1. The molecule has 1 aliphatic rings. The smallest absolute Gasteiger partial charge is 0.133 e. The molecule has 1 aromatic heterocycles. The lowest BCUT2D eigenvalue weighted by Gasteiger charge is -2.35. The van der Waals surface area contributed by atoms with Crippen molar-refractivity contribution in [1.82, 2.24) is 9.88 Å². The number of pyridine rings is 1.